The molecule has 0 radical (unpaired) electrons. The van der Waals surface area contributed by atoms with Gasteiger partial charge in [-0.2, -0.15) is 0 Å². The van der Waals surface area contributed by atoms with E-state index in [9.17, 15) is 29.3 Å². The fourth-order valence-corrected chi connectivity index (χ4v) is 8.59. The third-order valence-electron chi connectivity index (χ3n) is 6.58. The van der Waals surface area contributed by atoms with Crippen LogP contribution in [0.5, 0.6) is 0 Å². The minimum absolute atomic E-state index is 0.152. The maximum Gasteiger partial charge on any atom is 0.308 e. The summed E-state index contributed by atoms with van der Waals surface area (Å²) < 4.78 is 1.37. The number of thiazole rings is 1. The van der Waals surface area contributed by atoms with Gasteiger partial charge in [0.1, 0.15) is 11.8 Å². The summed E-state index contributed by atoms with van der Waals surface area (Å²) in [6.45, 7) is -0.241. The van der Waals surface area contributed by atoms with Crippen LogP contribution >= 0.6 is 34.4 Å². The van der Waals surface area contributed by atoms with Crippen LogP contribution in [0.3, 0.4) is 0 Å². The summed E-state index contributed by atoms with van der Waals surface area (Å²) in [5.41, 5.74) is 0.693. The maximum absolute atomic E-state index is 13.8. The summed E-state index contributed by atoms with van der Waals surface area (Å²) in [5.74, 6) is -2.59. The lowest BCUT2D eigenvalue weighted by Gasteiger charge is -2.29. The van der Waals surface area contributed by atoms with Gasteiger partial charge in [-0.3, -0.25) is 33.9 Å². The normalized spacial score (nSPS) is 20.0. The zero-order chi connectivity index (χ0) is 27.3. The predicted molar refractivity (Wildman–Crippen MR) is 149 cm³/mol. The van der Waals surface area contributed by atoms with Crippen molar-refractivity contribution in [2.75, 3.05) is 10.2 Å². The van der Waals surface area contributed by atoms with Gasteiger partial charge in [0, 0.05) is 33.5 Å². The van der Waals surface area contributed by atoms with Crippen LogP contribution in [-0.2, 0) is 20.9 Å². The van der Waals surface area contributed by atoms with Crippen LogP contribution in [0.2, 0.25) is 0 Å². The van der Waals surface area contributed by atoms with Crippen LogP contribution in [0.1, 0.15) is 15.7 Å². The fourth-order valence-electron chi connectivity index (χ4n) is 4.87. The largest absolute Gasteiger partial charge is 0.325 e. The summed E-state index contributed by atoms with van der Waals surface area (Å²) in [6, 6.07) is 17.9. The summed E-state index contributed by atoms with van der Waals surface area (Å²) in [6.07, 6.45) is 0. The molecule has 0 bridgehead atoms. The molecule has 1 fully saturated rings. The van der Waals surface area contributed by atoms with E-state index >= 15 is 0 Å². The average Bonchev–Trinajstić information content (AvgIpc) is 3.62. The third kappa shape index (κ3) is 4.37. The second-order valence-corrected chi connectivity index (χ2v) is 12.0. The molecule has 0 saturated carbocycles. The lowest BCUT2D eigenvalue weighted by molar-refractivity contribution is -0.384. The van der Waals surface area contributed by atoms with Crippen molar-refractivity contribution in [1.82, 2.24) is 4.57 Å². The number of anilines is 2. The van der Waals surface area contributed by atoms with E-state index in [-0.39, 0.29) is 28.7 Å². The molecule has 3 unspecified atom stereocenters. The van der Waals surface area contributed by atoms with E-state index in [0.29, 0.717) is 15.6 Å². The van der Waals surface area contributed by atoms with E-state index in [0.717, 1.165) is 32.9 Å². The van der Waals surface area contributed by atoms with Crippen molar-refractivity contribution in [2.24, 2.45) is 5.92 Å². The Morgan fingerprint density at radius 2 is 1.72 bits per heavy atom. The molecule has 3 atom stereocenters. The number of carbonyl (C=O) groups is 3. The molecular weight excluding hydrogens is 561 g/mol. The molecule has 2 aliphatic heterocycles. The van der Waals surface area contributed by atoms with E-state index in [2.05, 4.69) is 5.32 Å². The Kier molecular flexibility index (Phi) is 6.41. The third-order valence-corrected chi connectivity index (χ3v) is 10.1. The summed E-state index contributed by atoms with van der Waals surface area (Å²) >= 11 is 3.53. The molecule has 4 heterocycles. The molecule has 2 aliphatic rings. The number of hydrogen-bond acceptors (Lipinski definition) is 9. The molecule has 1 N–H and O–H groups in total. The number of para-hydroxylation sites is 1. The molecule has 10 nitrogen and oxygen atoms in total. The summed E-state index contributed by atoms with van der Waals surface area (Å²) in [5, 5.41) is 15.4. The molecule has 3 amide bonds. The Morgan fingerprint density at radius 1 is 0.974 bits per heavy atom. The Bertz CT molecular complexity index is 1660. The van der Waals surface area contributed by atoms with Crippen LogP contribution in [-0.4, -0.2) is 32.5 Å². The van der Waals surface area contributed by atoms with E-state index in [4.69, 9.17) is 0 Å². The van der Waals surface area contributed by atoms with Gasteiger partial charge in [0.15, 0.2) is 0 Å². The van der Waals surface area contributed by atoms with Crippen molar-refractivity contribution in [1.29, 1.82) is 0 Å². The quantitative estimate of drug-likeness (QED) is 0.205. The maximum atomic E-state index is 13.8. The van der Waals surface area contributed by atoms with Crippen molar-refractivity contribution in [3.8, 4) is 0 Å². The molecule has 196 valence electrons. The fraction of sp³-hybridized carbons (Fsp3) is 0.154. The molecule has 13 heteroatoms. The van der Waals surface area contributed by atoms with Gasteiger partial charge in [0.05, 0.1) is 21.6 Å². The number of thioether (sulfide) groups is 1. The Labute approximate surface area is 233 Å². The number of nitro benzene ring substituents is 1. The number of aromatic nitrogens is 1. The van der Waals surface area contributed by atoms with Gasteiger partial charge in [0.25, 0.3) is 5.69 Å². The number of nitrogens with one attached hydrogen (secondary N) is 1. The minimum atomic E-state index is -0.829. The van der Waals surface area contributed by atoms with Gasteiger partial charge in [0.2, 0.25) is 17.7 Å². The van der Waals surface area contributed by atoms with E-state index in [1.807, 2.05) is 23.6 Å². The molecule has 2 aromatic heterocycles. The molecule has 1 saturated heterocycles. The number of amides is 3. The molecule has 2 aromatic carbocycles. The topological polar surface area (TPSA) is 132 Å². The monoisotopic (exact) mass is 578 g/mol. The van der Waals surface area contributed by atoms with Crippen molar-refractivity contribution in [2.45, 2.75) is 22.7 Å². The predicted octanol–water partition coefficient (Wildman–Crippen LogP) is 4.31. The van der Waals surface area contributed by atoms with E-state index in [1.165, 1.54) is 40.2 Å². The van der Waals surface area contributed by atoms with Gasteiger partial charge in [-0.15, -0.1) is 11.3 Å². The number of thiophene rings is 1. The van der Waals surface area contributed by atoms with Gasteiger partial charge >= 0.3 is 4.87 Å². The Morgan fingerprint density at radius 3 is 2.38 bits per heavy atom. The number of hydrogen-bond donors (Lipinski definition) is 1. The van der Waals surface area contributed by atoms with Gasteiger partial charge in [-0.05, 0) is 35.7 Å². The average molecular weight is 579 g/mol. The van der Waals surface area contributed by atoms with Gasteiger partial charge < -0.3 is 5.32 Å². The zero-order valence-electron chi connectivity index (χ0n) is 19.9. The first-order valence-electron chi connectivity index (χ1n) is 11.7. The molecule has 6 rings (SSSR count). The van der Waals surface area contributed by atoms with E-state index in [1.54, 1.807) is 24.3 Å². The first kappa shape index (κ1) is 25.2. The summed E-state index contributed by atoms with van der Waals surface area (Å²) in [4.78, 5) is 66.1. The number of nitro groups is 1. The first-order valence-corrected chi connectivity index (χ1v) is 14.3. The van der Waals surface area contributed by atoms with Crippen molar-refractivity contribution >= 4 is 69.2 Å². The molecule has 0 aliphatic carbocycles. The van der Waals surface area contributed by atoms with Gasteiger partial charge in [-0.25, -0.2) is 4.90 Å². The Hall–Kier alpha value is -4.07. The number of non-ortho nitro benzene ring substituents is 1. The highest BCUT2D eigenvalue weighted by molar-refractivity contribution is 8.00. The number of rotatable bonds is 6. The summed E-state index contributed by atoms with van der Waals surface area (Å²) in [7, 11) is 0. The highest BCUT2D eigenvalue weighted by Gasteiger charge is 2.57. The highest BCUT2D eigenvalue weighted by atomic mass is 32.2. The van der Waals surface area contributed by atoms with Crippen molar-refractivity contribution in [3.63, 3.8) is 0 Å². The highest BCUT2D eigenvalue weighted by Crippen LogP contribution is 2.54. The number of fused-ring (bicyclic) bond motifs is 2. The van der Waals surface area contributed by atoms with Crippen molar-refractivity contribution < 1.29 is 19.3 Å². The zero-order valence-corrected chi connectivity index (χ0v) is 22.3. The number of imide groups is 1. The SMILES string of the molecule is O=C(Cn1c2c(sc1=O)C(c1cccs1)C1C(=O)N(c3ccc([N+](=O)[O-])cc3)C(=O)C1S2)Nc1ccccc1. The minimum Gasteiger partial charge on any atom is -0.325 e. The lowest BCUT2D eigenvalue weighted by Crippen LogP contribution is -2.32. The van der Waals surface area contributed by atoms with Crippen LogP contribution in [0.4, 0.5) is 17.1 Å². The van der Waals surface area contributed by atoms with Crippen LogP contribution in [0.15, 0.2) is 81.9 Å². The molecule has 39 heavy (non-hydrogen) atoms. The standard InChI is InChI=1S/C26H18N4O6S3/c31-18(27-14-5-2-1-3-6-14)13-28-25-22(39-26(28)34)19(17-7-4-12-37-17)20-21(38-25)24(33)29(23(20)32)15-8-10-16(11-9-15)30(35)36/h1-12,19-21H,13H2,(H,27,31). The van der Waals surface area contributed by atoms with E-state index < -0.39 is 33.8 Å². The van der Waals surface area contributed by atoms with Crippen LogP contribution in [0.25, 0.3) is 0 Å². The number of nitrogens with zero attached hydrogens (tertiary/aromatic N) is 3. The van der Waals surface area contributed by atoms with Crippen LogP contribution in [0, 0.1) is 16.0 Å². The second-order valence-electron chi connectivity index (χ2n) is 8.88. The molecule has 4 aromatic rings. The smallest absolute Gasteiger partial charge is 0.308 e. The van der Waals surface area contributed by atoms with Crippen molar-refractivity contribution in [3.05, 3.63) is 102 Å². The lowest BCUT2D eigenvalue weighted by atomic mass is 9.87. The number of carbonyl (C=O) groups excluding carboxylic acids is 3. The Balaban J connectivity index is 1.38. The second kappa shape index (κ2) is 9.91. The first-order chi connectivity index (χ1) is 18.8. The molecular formula is C26H18N4O6S3. The number of benzene rings is 2. The van der Waals surface area contributed by atoms with Gasteiger partial charge in [-0.1, -0.05) is 47.4 Å². The molecule has 0 spiro atoms. The van der Waals surface area contributed by atoms with Crippen LogP contribution < -0.4 is 15.1 Å².